The predicted octanol–water partition coefficient (Wildman–Crippen LogP) is 2.78. The fourth-order valence-corrected chi connectivity index (χ4v) is 1.60. The lowest BCUT2D eigenvalue weighted by Gasteiger charge is -2.27. The van der Waals surface area contributed by atoms with Crippen molar-refractivity contribution in [2.75, 3.05) is 0 Å². The normalized spacial score (nSPS) is 14.8. The first-order valence-electron chi connectivity index (χ1n) is 6.67. The summed E-state index contributed by atoms with van der Waals surface area (Å²) in [5, 5.41) is 13.6. The molecule has 0 aliphatic rings. The number of rotatable bonds is 4. The summed E-state index contributed by atoms with van der Waals surface area (Å²) in [6, 6.07) is 4.14. The molecule has 0 bridgehead atoms. The van der Waals surface area contributed by atoms with E-state index in [-0.39, 0.29) is 17.1 Å². The van der Waals surface area contributed by atoms with Gasteiger partial charge in [0.15, 0.2) is 0 Å². The maximum absolute atomic E-state index is 10.2. The van der Waals surface area contributed by atoms with Crippen LogP contribution in [0.3, 0.4) is 0 Å². The summed E-state index contributed by atoms with van der Waals surface area (Å²) in [7, 11) is 0. The number of hydrogen-bond acceptors (Lipinski definition) is 2. The molecule has 18 heavy (non-hydrogen) atoms. The second-order valence-corrected chi connectivity index (χ2v) is 7.14. The molecule has 0 saturated heterocycles. The molecule has 0 aliphatic heterocycles. The lowest BCUT2D eigenvalue weighted by atomic mass is 9.89. The van der Waals surface area contributed by atoms with E-state index < -0.39 is 0 Å². The van der Waals surface area contributed by atoms with Gasteiger partial charge >= 0.3 is 0 Å². The highest BCUT2D eigenvalue weighted by atomic mass is 16.3. The lowest BCUT2D eigenvalue weighted by molar-refractivity contribution is 0.0474. The van der Waals surface area contributed by atoms with Crippen molar-refractivity contribution in [1.82, 2.24) is 9.88 Å². The van der Waals surface area contributed by atoms with Crippen molar-refractivity contribution in [3.63, 3.8) is 0 Å². The number of aliphatic hydroxyl groups is 1. The second kappa shape index (κ2) is 5.45. The Morgan fingerprint density at radius 2 is 1.83 bits per heavy atom. The van der Waals surface area contributed by atoms with E-state index in [1.54, 1.807) is 0 Å². The van der Waals surface area contributed by atoms with E-state index in [1.807, 2.05) is 12.3 Å². The minimum Gasteiger partial charge on any atom is -0.391 e. The van der Waals surface area contributed by atoms with Gasteiger partial charge in [0.2, 0.25) is 0 Å². The second-order valence-electron chi connectivity index (χ2n) is 7.14. The van der Waals surface area contributed by atoms with Crippen molar-refractivity contribution in [2.45, 2.75) is 66.3 Å². The number of nitrogens with zero attached hydrogens (tertiary/aromatic N) is 1. The number of aliphatic hydroxyl groups excluding tert-OH is 1. The van der Waals surface area contributed by atoms with E-state index in [0.717, 1.165) is 6.54 Å². The van der Waals surface area contributed by atoms with Gasteiger partial charge in [0.05, 0.1) is 6.10 Å². The molecule has 1 aromatic heterocycles. The first-order valence-corrected chi connectivity index (χ1v) is 6.67. The van der Waals surface area contributed by atoms with Crippen molar-refractivity contribution < 1.29 is 5.11 Å². The summed E-state index contributed by atoms with van der Waals surface area (Å²) in [5.41, 5.74) is 1.24. The molecule has 1 heterocycles. The van der Waals surface area contributed by atoms with Crippen LogP contribution >= 0.6 is 0 Å². The van der Waals surface area contributed by atoms with E-state index in [4.69, 9.17) is 0 Å². The molecule has 0 aliphatic carbocycles. The number of nitrogens with one attached hydrogen (secondary N) is 1. The maximum Gasteiger partial charge on any atom is 0.0767 e. The molecule has 0 radical (unpaired) electrons. The average molecular weight is 252 g/mol. The highest BCUT2D eigenvalue weighted by Crippen LogP contribution is 2.21. The molecule has 0 fully saturated rings. The molecule has 1 atom stereocenters. The topological polar surface area (TPSA) is 37.2 Å². The Morgan fingerprint density at radius 3 is 2.33 bits per heavy atom. The first kappa shape index (κ1) is 15.3. The quantitative estimate of drug-likeness (QED) is 0.864. The SMILES string of the molecule is CC(C)(C)NCc1cccn1CC(O)C(C)(C)C. The van der Waals surface area contributed by atoms with Gasteiger partial charge in [-0.25, -0.2) is 0 Å². The van der Waals surface area contributed by atoms with E-state index in [2.05, 4.69) is 57.5 Å². The van der Waals surface area contributed by atoms with Crippen molar-refractivity contribution in [3.8, 4) is 0 Å². The summed E-state index contributed by atoms with van der Waals surface area (Å²) in [6.07, 6.45) is 1.70. The van der Waals surface area contributed by atoms with Crippen LogP contribution in [-0.4, -0.2) is 21.3 Å². The molecule has 0 aromatic carbocycles. The fraction of sp³-hybridized carbons (Fsp3) is 0.733. The molecule has 104 valence electrons. The lowest BCUT2D eigenvalue weighted by Crippen LogP contribution is -2.36. The summed E-state index contributed by atoms with van der Waals surface area (Å²) in [5.74, 6) is 0. The molecule has 0 saturated carbocycles. The van der Waals surface area contributed by atoms with Crippen LogP contribution in [0.4, 0.5) is 0 Å². The smallest absolute Gasteiger partial charge is 0.0767 e. The number of aromatic nitrogens is 1. The summed E-state index contributed by atoms with van der Waals surface area (Å²) in [4.78, 5) is 0. The molecule has 1 aromatic rings. The van der Waals surface area contributed by atoms with Crippen LogP contribution in [-0.2, 0) is 13.1 Å². The minimum absolute atomic E-state index is 0.0843. The zero-order valence-electron chi connectivity index (χ0n) is 12.6. The third kappa shape index (κ3) is 4.83. The van der Waals surface area contributed by atoms with Gasteiger partial charge in [-0.3, -0.25) is 0 Å². The zero-order valence-corrected chi connectivity index (χ0v) is 12.6. The summed E-state index contributed by atoms with van der Waals surface area (Å²) < 4.78 is 2.13. The van der Waals surface area contributed by atoms with Crippen LogP contribution < -0.4 is 5.32 Å². The van der Waals surface area contributed by atoms with Gasteiger partial charge in [-0.1, -0.05) is 20.8 Å². The Labute approximate surface area is 111 Å². The molecule has 2 N–H and O–H groups in total. The van der Waals surface area contributed by atoms with Crippen molar-refractivity contribution in [2.24, 2.45) is 5.41 Å². The maximum atomic E-state index is 10.2. The molecule has 0 amide bonds. The largest absolute Gasteiger partial charge is 0.391 e. The third-order valence-corrected chi connectivity index (χ3v) is 3.09. The van der Waals surface area contributed by atoms with Gasteiger partial charge in [-0.15, -0.1) is 0 Å². The van der Waals surface area contributed by atoms with Crippen molar-refractivity contribution >= 4 is 0 Å². The molecule has 1 rings (SSSR count). The van der Waals surface area contributed by atoms with E-state index >= 15 is 0 Å². The van der Waals surface area contributed by atoms with E-state index in [9.17, 15) is 5.11 Å². The van der Waals surface area contributed by atoms with Crippen LogP contribution in [0.5, 0.6) is 0 Å². The standard InChI is InChI=1S/C15H28N2O/c1-14(2,3)13(18)11-17-9-7-8-12(17)10-16-15(4,5)6/h7-9,13,16,18H,10-11H2,1-6H3. The average Bonchev–Trinajstić information content (AvgIpc) is 2.59. The molecule has 1 unspecified atom stereocenters. The summed E-state index contributed by atoms with van der Waals surface area (Å²) >= 11 is 0. The highest BCUT2D eigenvalue weighted by Gasteiger charge is 2.23. The van der Waals surface area contributed by atoms with Crippen LogP contribution in [0.2, 0.25) is 0 Å². The van der Waals surface area contributed by atoms with Gasteiger partial charge in [0.1, 0.15) is 0 Å². The van der Waals surface area contributed by atoms with Crippen molar-refractivity contribution in [3.05, 3.63) is 24.0 Å². The molecular weight excluding hydrogens is 224 g/mol. The third-order valence-electron chi connectivity index (χ3n) is 3.09. The van der Waals surface area contributed by atoms with E-state index in [1.165, 1.54) is 5.69 Å². The van der Waals surface area contributed by atoms with Gasteiger partial charge in [0, 0.05) is 30.5 Å². The predicted molar refractivity (Wildman–Crippen MR) is 76.5 cm³/mol. The Balaban J connectivity index is 2.66. The Bertz CT molecular complexity index is 369. The van der Waals surface area contributed by atoms with Gasteiger partial charge in [-0.2, -0.15) is 0 Å². The minimum atomic E-state index is -0.335. The van der Waals surface area contributed by atoms with Crippen LogP contribution in [0.25, 0.3) is 0 Å². The Morgan fingerprint density at radius 1 is 1.22 bits per heavy atom. The van der Waals surface area contributed by atoms with Gasteiger partial charge < -0.3 is 15.0 Å². The molecule has 3 nitrogen and oxygen atoms in total. The van der Waals surface area contributed by atoms with Crippen molar-refractivity contribution in [1.29, 1.82) is 0 Å². The van der Waals surface area contributed by atoms with Crippen LogP contribution in [0.1, 0.15) is 47.2 Å². The Kier molecular flexibility index (Phi) is 4.62. The summed E-state index contributed by atoms with van der Waals surface area (Å²) in [6.45, 7) is 14.1. The van der Waals surface area contributed by atoms with Gasteiger partial charge in [-0.05, 0) is 38.3 Å². The van der Waals surface area contributed by atoms with E-state index in [0.29, 0.717) is 6.54 Å². The van der Waals surface area contributed by atoms with Crippen LogP contribution in [0, 0.1) is 5.41 Å². The van der Waals surface area contributed by atoms with Crippen LogP contribution in [0.15, 0.2) is 18.3 Å². The number of hydrogen-bond donors (Lipinski definition) is 2. The monoisotopic (exact) mass is 252 g/mol. The highest BCUT2D eigenvalue weighted by molar-refractivity contribution is 5.08. The molecule has 3 heteroatoms. The van der Waals surface area contributed by atoms with Gasteiger partial charge in [0.25, 0.3) is 0 Å². The fourth-order valence-electron chi connectivity index (χ4n) is 1.60. The molecule has 0 spiro atoms. The zero-order chi connectivity index (χ0) is 14.0. The Hall–Kier alpha value is -0.800. The molecular formula is C15H28N2O. The first-order chi connectivity index (χ1) is 8.09.